The molecule has 1 aliphatic rings. The molecule has 3 heterocycles. The third kappa shape index (κ3) is 4.25. The maximum Gasteiger partial charge on any atom is 0.240 e. The Labute approximate surface area is 147 Å². The third-order valence-electron chi connectivity index (χ3n) is 4.57. The normalized spacial score (nSPS) is 18.2. The minimum atomic E-state index is -0.0788. The van der Waals surface area contributed by atoms with Gasteiger partial charge in [-0.15, -0.1) is 0 Å². The Balaban J connectivity index is 1.57. The lowest BCUT2D eigenvalue weighted by Gasteiger charge is -2.23. The molecule has 1 amide bonds. The number of carbonyl (C=O) groups excluding carboxylic acids is 1. The monoisotopic (exact) mass is 346 g/mol. The minimum absolute atomic E-state index is 0.0788. The average molecular weight is 346 g/mol. The van der Waals surface area contributed by atoms with Gasteiger partial charge in [0.25, 0.3) is 0 Å². The fraction of sp³-hybridized carbons (Fsp3) is 0.647. The number of aromatic nitrogens is 4. The summed E-state index contributed by atoms with van der Waals surface area (Å²) in [5, 5.41) is 11.2. The van der Waals surface area contributed by atoms with Gasteiger partial charge in [0.2, 0.25) is 11.8 Å². The van der Waals surface area contributed by atoms with E-state index in [1.54, 1.807) is 6.07 Å². The van der Waals surface area contributed by atoms with E-state index in [2.05, 4.69) is 25.5 Å². The summed E-state index contributed by atoms with van der Waals surface area (Å²) in [7, 11) is 0. The molecule has 0 unspecified atom stereocenters. The van der Waals surface area contributed by atoms with Crippen LogP contribution in [0.25, 0.3) is 0 Å². The Hall–Kier alpha value is -2.22. The lowest BCUT2D eigenvalue weighted by molar-refractivity contribution is -0.117. The number of aryl methyl sites for hydroxylation is 2. The molecule has 8 nitrogen and oxygen atoms in total. The van der Waals surface area contributed by atoms with Crippen molar-refractivity contribution in [2.75, 3.05) is 18.4 Å². The number of likely N-dealkylation sites (tertiary alicyclic amines) is 1. The van der Waals surface area contributed by atoms with E-state index in [0.717, 1.165) is 43.3 Å². The molecule has 8 heteroatoms. The van der Waals surface area contributed by atoms with Crippen molar-refractivity contribution in [3.05, 3.63) is 23.4 Å². The molecule has 1 fully saturated rings. The molecular weight excluding hydrogens is 320 g/mol. The van der Waals surface area contributed by atoms with E-state index in [4.69, 9.17) is 4.52 Å². The topological polar surface area (TPSA) is 89.1 Å². The molecule has 0 saturated carbocycles. The largest absolute Gasteiger partial charge is 0.338 e. The van der Waals surface area contributed by atoms with Crippen LogP contribution in [0.1, 0.15) is 49.9 Å². The molecule has 2 aromatic heterocycles. The first-order chi connectivity index (χ1) is 11.9. The van der Waals surface area contributed by atoms with Crippen molar-refractivity contribution in [1.82, 2.24) is 24.8 Å². The Morgan fingerprint density at radius 3 is 2.88 bits per heavy atom. The van der Waals surface area contributed by atoms with Gasteiger partial charge in [0.05, 0.1) is 18.8 Å². The van der Waals surface area contributed by atoms with E-state index >= 15 is 0 Å². The lowest BCUT2D eigenvalue weighted by Crippen LogP contribution is -2.39. The van der Waals surface area contributed by atoms with Gasteiger partial charge in [-0.3, -0.25) is 15.0 Å². The number of hydrogen-bond acceptors (Lipinski definition) is 6. The van der Waals surface area contributed by atoms with Gasteiger partial charge in [-0.05, 0) is 39.2 Å². The summed E-state index contributed by atoms with van der Waals surface area (Å²) in [6, 6.07) is 2.08. The first-order valence-corrected chi connectivity index (χ1v) is 8.81. The molecule has 25 heavy (non-hydrogen) atoms. The van der Waals surface area contributed by atoms with Crippen molar-refractivity contribution in [2.24, 2.45) is 0 Å². The number of amides is 1. The molecule has 1 aliphatic heterocycles. The van der Waals surface area contributed by atoms with E-state index in [1.165, 1.54) is 0 Å². The molecule has 2 aromatic rings. The molecule has 1 atom stereocenters. The SMILES string of the molecule is Cc1nc(C)n(C[C@@H]2CCCN2CC(=O)Nc2cc(C(C)C)no2)n1. The Kier molecular flexibility index (Phi) is 5.17. The van der Waals surface area contributed by atoms with Crippen LogP contribution < -0.4 is 5.32 Å². The number of rotatable bonds is 6. The quantitative estimate of drug-likeness (QED) is 0.862. The maximum atomic E-state index is 12.3. The van der Waals surface area contributed by atoms with Crippen LogP contribution in [0.2, 0.25) is 0 Å². The van der Waals surface area contributed by atoms with E-state index in [-0.39, 0.29) is 11.8 Å². The molecule has 136 valence electrons. The predicted octanol–water partition coefficient (Wildman–Crippen LogP) is 2.11. The maximum absolute atomic E-state index is 12.3. The van der Waals surface area contributed by atoms with E-state index in [0.29, 0.717) is 18.5 Å². The Bertz CT molecular complexity index is 735. The highest BCUT2D eigenvalue weighted by Crippen LogP contribution is 2.20. The van der Waals surface area contributed by atoms with Gasteiger partial charge >= 0.3 is 0 Å². The van der Waals surface area contributed by atoms with Crippen LogP contribution in [-0.4, -0.2) is 49.9 Å². The van der Waals surface area contributed by atoms with Crippen LogP contribution in [0.3, 0.4) is 0 Å². The van der Waals surface area contributed by atoms with Crippen molar-refractivity contribution in [3.8, 4) is 0 Å². The van der Waals surface area contributed by atoms with Gasteiger partial charge in [-0.1, -0.05) is 19.0 Å². The number of anilines is 1. The van der Waals surface area contributed by atoms with Gasteiger partial charge in [0.15, 0.2) is 0 Å². The molecular formula is C17H26N6O2. The third-order valence-corrected chi connectivity index (χ3v) is 4.57. The van der Waals surface area contributed by atoms with Crippen LogP contribution in [0, 0.1) is 13.8 Å². The van der Waals surface area contributed by atoms with Crippen LogP contribution in [0.5, 0.6) is 0 Å². The second-order valence-electron chi connectivity index (χ2n) is 6.97. The van der Waals surface area contributed by atoms with Gasteiger partial charge in [0, 0.05) is 12.1 Å². The van der Waals surface area contributed by atoms with Crippen molar-refractivity contribution >= 4 is 11.8 Å². The highest BCUT2D eigenvalue weighted by Gasteiger charge is 2.27. The predicted molar refractivity (Wildman–Crippen MR) is 93.3 cm³/mol. The number of nitrogens with one attached hydrogen (secondary N) is 1. The second kappa shape index (κ2) is 7.35. The molecule has 1 N–H and O–H groups in total. The highest BCUT2D eigenvalue weighted by atomic mass is 16.5. The molecule has 0 spiro atoms. The first-order valence-electron chi connectivity index (χ1n) is 8.81. The van der Waals surface area contributed by atoms with Crippen molar-refractivity contribution in [2.45, 2.75) is 59.0 Å². The van der Waals surface area contributed by atoms with E-state index < -0.39 is 0 Å². The smallest absolute Gasteiger partial charge is 0.240 e. The Morgan fingerprint density at radius 2 is 2.24 bits per heavy atom. The van der Waals surface area contributed by atoms with Crippen LogP contribution in [-0.2, 0) is 11.3 Å². The number of nitrogens with zero attached hydrogens (tertiary/aromatic N) is 5. The second-order valence-corrected chi connectivity index (χ2v) is 6.97. The van der Waals surface area contributed by atoms with E-state index in [1.807, 2.05) is 32.4 Å². The zero-order valence-electron chi connectivity index (χ0n) is 15.3. The number of hydrogen-bond donors (Lipinski definition) is 1. The van der Waals surface area contributed by atoms with E-state index in [9.17, 15) is 4.79 Å². The highest BCUT2D eigenvalue weighted by molar-refractivity contribution is 5.91. The average Bonchev–Trinajstić information content (AvgIpc) is 3.22. The summed E-state index contributed by atoms with van der Waals surface area (Å²) in [4.78, 5) is 18.9. The van der Waals surface area contributed by atoms with Crippen molar-refractivity contribution < 1.29 is 9.32 Å². The zero-order valence-corrected chi connectivity index (χ0v) is 15.3. The van der Waals surface area contributed by atoms with Crippen LogP contribution in [0.15, 0.2) is 10.6 Å². The summed E-state index contributed by atoms with van der Waals surface area (Å²) in [6.07, 6.45) is 2.15. The molecule has 0 radical (unpaired) electrons. The fourth-order valence-corrected chi connectivity index (χ4v) is 3.23. The van der Waals surface area contributed by atoms with Crippen LogP contribution in [0.4, 0.5) is 5.88 Å². The van der Waals surface area contributed by atoms with Gasteiger partial charge in [0.1, 0.15) is 11.6 Å². The van der Waals surface area contributed by atoms with Crippen molar-refractivity contribution in [3.63, 3.8) is 0 Å². The zero-order chi connectivity index (χ0) is 18.0. The summed E-state index contributed by atoms with van der Waals surface area (Å²) < 4.78 is 7.11. The summed E-state index contributed by atoms with van der Waals surface area (Å²) >= 11 is 0. The standard InChI is InChI=1S/C17H26N6O2/c1-11(2)15-8-17(25-21-15)19-16(24)10-22-7-5-6-14(22)9-23-13(4)18-12(3)20-23/h8,11,14H,5-7,9-10H2,1-4H3,(H,19,24)/t14-/m0/s1. The fourth-order valence-electron chi connectivity index (χ4n) is 3.23. The Morgan fingerprint density at radius 1 is 1.44 bits per heavy atom. The van der Waals surface area contributed by atoms with Crippen LogP contribution >= 0.6 is 0 Å². The van der Waals surface area contributed by atoms with Gasteiger partial charge in [-0.2, -0.15) is 5.10 Å². The summed E-state index contributed by atoms with van der Waals surface area (Å²) in [5.74, 6) is 2.30. The molecule has 0 aliphatic carbocycles. The first kappa shape index (κ1) is 17.6. The molecule has 0 bridgehead atoms. The minimum Gasteiger partial charge on any atom is -0.338 e. The molecule has 3 rings (SSSR count). The van der Waals surface area contributed by atoms with Crippen molar-refractivity contribution in [1.29, 1.82) is 0 Å². The number of carbonyl (C=O) groups is 1. The summed E-state index contributed by atoms with van der Waals surface area (Å²) in [5.41, 5.74) is 0.839. The van der Waals surface area contributed by atoms with Gasteiger partial charge < -0.3 is 4.52 Å². The molecule has 1 saturated heterocycles. The molecule has 0 aromatic carbocycles. The van der Waals surface area contributed by atoms with Gasteiger partial charge in [-0.25, -0.2) is 9.67 Å². The lowest BCUT2D eigenvalue weighted by atomic mass is 10.1. The summed E-state index contributed by atoms with van der Waals surface area (Å²) in [6.45, 7) is 9.94.